The second kappa shape index (κ2) is 22.4. The lowest BCUT2D eigenvalue weighted by molar-refractivity contribution is -0.0627. The van der Waals surface area contributed by atoms with Crippen LogP contribution in [0.4, 0.5) is 4.79 Å². The van der Waals surface area contributed by atoms with E-state index >= 15 is 0 Å². The van der Waals surface area contributed by atoms with Crippen LogP contribution in [0.25, 0.3) is 0 Å². The molecule has 13 nitrogen and oxygen atoms in total. The van der Waals surface area contributed by atoms with Crippen LogP contribution in [0.3, 0.4) is 0 Å². The minimum Gasteiger partial charge on any atom is -0.432 e. The van der Waals surface area contributed by atoms with Gasteiger partial charge in [0.15, 0.2) is 5.96 Å². The second-order valence-electron chi connectivity index (χ2n) is 17.7. The quantitative estimate of drug-likeness (QED) is 0.0200. The molecule has 4 rings (SSSR count). The topological polar surface area (TPSA) is 187 Å². The van der Waals surface area contributed by atoms with E-state index in [1.54, 1.807) is 6.92 Å². The normalized spacial score (nSPS) is 30.0. The molecule has 0 radical (unpaired) electrons. The first-order valence-corrected chi connectivity index (χ1v) is 22.9. The molecule has 322 valence electrons. The monoisotopic (exact) mass is 811 g/mol. The summed E-state index contributed by atoms with van der Waals surface area (Å²) in [5.41, 5.74) is 13.3. The molecule has 0 bridgehead atoms. The fourth-order valence-corrected chi connectivity index (χ4v) is 11.8. The summed E-state index contributed by atoms with van der Waals surface area (Å²) in [5, 5.41) is 7.52. The number of fused-ring (bicyclic) bond motifs is 5. The van der Waals surface area contributed by atoms with Crippen LogP contribution in [-0.2, 0) is 37.1 Å². The summed E-state index contributed by atoms with van der Waals surface area (Å²) in [4.78, 5) is 16.4. The maximum absolute atomic E-state index is 13.0. The average Bonchev–Trinajstić information content (AvgIpc) is 3.50. The van der Waals surface area contributed by atoms with Gasteiger partial charge in [0.25, 0.3) is 0 Å². The molecule has 14 heteroatoms. The largest absolute Gasteiger partial charge is 0.508 e. The lowest BCUT2D eigenvalue weighted by Gasteiger charge is -2.58. The molecule has 4 aliphatic rings. The van der Waals surface area contributed by atoms with Gasteiger partial charge in [-0.05, 0) is 111 Å². The number of carbonyl (C=O) groups is 1. The zero-order valence-corrected chi connectivity index (χ0v) is 36.3. The maximum Gasteiger partial charge on any atom is 0.508 e. The maximum atomic E-state index is 13.0. The Morgan fingerprint density at radius 1 is 0.893 bits per heavy atom. The smallest absolute Gasteiger partial charge is 0.432 e. The number of phosphoric acid groups is 1. The van der Waals surface area contributed by atoms with Crippen molar-refractivity contribution >= 4 is 25.6 Å². The molecule has 3 fully saturated rings. The first kappa shape index (κ1) is 46.7. The van der Waals surface area contributed by atoms with Crippen molar-refractivity contribution in [2.45, 2.75) is 131 Å². The Labute approximate surface area is 337 Å². The van der Waals surface area contributed by atoms with Gasteiger partial charge in [-0.3, -0.25) is 18.6 Å². The van der Waals surface area contributed by atoms with Gasteiger partial charge < -0.3 is 35.8 Å². The van der Waals surface area contributed by atoms with E-state index in [-0.39, 0.29) is 76.9 Å². The Kier molecular flexibility index (Phi) is 18.6. The van der Waals surface area contributed by atoms with E-state index in [1.165, 1.54) is 56.9 Å². The van der Waals surface area contributed by atoms with Gasteiger partial charge in [-0.1, -0.05) is 65.5 Å². The fourth-order valence-electron chi connectivity index (χ4n) is 10.6. The van der Waals surface area contributed by atoms with Crippen LogP contribution < -0.4 is 11.5 Å². The lowest BCUT2D eigenvalue weighted by atomic mass is 9.47. The van der Waals surface area contributed by atoms with Crippen molar-refractivity contribution in [3.05, 3.63) is 11.6 Å². The molecular formula is C42H75N4O9P. The van der Waals surface area contributed by atoms with Crippen LogP contribution in [0.15, 0.2) is 16.6 Å². The highest BCUT2D eigenvalue weighted by atomic mass is 31.2. The molecule has 0 amide bonds. The summed E-state index contributed by atoms with van der Waals surface area (Å²) >= 11 is 0. The number of rotatable bonds is 25. The van der Waals surface area contributed by atoms with Gasteiger partial charge in [0.2, 0.25) is 0 Å². The number of guanidine groups is 1. The van der Waals surface area contributed by atoms with Crippen molar-refractivity contribution in [2.75, 3.05) is 59.4 Å². The molecule has 3 saturated carbocycles. The Morgan fingerprint density at radius 2 is 1.59 bits per heavy atom. The van der Waals surface area contributed by atoms with Crippen LogP contribution in [0.1, 0.15) is 125 Å². The molecular weight excluding hydrogens is 735 g/mol. The third-order valence-corrected chi connectivity index (χ3v) is 14.9. The number of phosphoric ester groups is 1. The Hall–Kier alpha value is -2.02. The van der Waals surface area contributed by atoms with E-state index in [2.05, 4.69) is 45.7 Å². The lowest BCUT2D eigenvalue weighted by Crippen LogP contribution is -2.51. The molecule has 9 unspecified atom stereocenters. The standard InChI is InChI=1S/C42H75N4O9P/c1-30(2)9-7-10-31(3)36-14-15-37-35-13-12-33-29-34(16-18-41(33,5)38(35)17-19-42(36,37)6)55-40(47)51-27-25-49-23-24-50-26-28-54-56(48,52-21-8-11-32(4)43)53-22-20-46-39(44)45/h12,30-31,34-38,43H,7-11,13-29H2,1-6H3,(H4,44,45,46). The van der Waals surface area contributed by atoms with Crippen molar-refractivity contribution in [1.29, 1.82) is 5.41 Å². The zero-order chi connectivity index (χ0) is 40.8. The van der Waals surface area contributed by atoms with E-state index in [9.17, 15) is 9.36 Å². The highest BCUT2D eigenvalue weighted by Crippen LogP contribution is 2.67. The van der Waals surface area contributed by atoms with E-state index in [0.717, 1.165) is 54.8 Å². The Morgan fingerprint density at radius 3 is 2.30 bits per heavy atom. The predicted molar refractivity (Wildman–Crippen MR) is 220 cm³/mol. The SMILES string of the molecule is CC(=N)CCCOP(=O)(OCCN=C(N)N)OCCOCCOCCOC(=O)OC1CCC2(C)C(=CCC3C2CCC2(C)C(C(C)CCCC(C)C)CCC32)C1. The number of hydrogen-bond donors (Lipinski definition) is 3. The van der Waals surface area contributed by atoms with Gasteiger partial charge in [-0.2, -0.15) is 0 Å². The predicted octanol–water partition coefficient (Wildman–Crippen LogP) is 8.83. The van der Waals surface area contributed by atoms with Gasteiger partial charge in [0.05, 0.1) is 52.8 Å². The third-order valence-electron chi connectivity index (χ3n) is 13.4. The number of hydrogen-bond acceptors (Lipinski definition) is 11. The van der Waals surface area contributed by atoms with Crippen molar-refractivity contribution in [1.82, 2.24) is 0 Å². The van der Waals surface area contributed by atoms with Crippen LogP contribution in [0.5, 0.6) is 0 Å². The Balaban J connectivity index is 1.10. The van der Waals surface area contributed by atoms with Gasteiger partial charge in [-0.15, -0.1) is 0 Å². The van der Waals surface area contributed by atoms with Crippen LogP contribution in [0.2, 0.25) is 0 Å². The zero-order valence-electron chi connectivity index (χ0n) is 35.4. The summed E-state index contributed by atoms with van der Waals surface area (Å²) in [5.74, 6) is 4.72. The summed E-state index contributed by atoms with van der Waals surface area (Å²) in [6.45, 7) is 15.2. The number of nitrogens with two attached hydrogens (primary N) is 2. The molecule has 0 spiro atoms. The number of carbonyl (C=O) groups excluding carboxylic acids is 1. The molecule has 0 aromatic carbocycles. The summed E-state index contributed by atoms with van der Waals surface area (Å²) in [6.07, 6.45) is 16.3. The first-order valence-electron chi connectivity index (χ1n) is 21.5. The number of allylic oxidation sites excluding steroid dienone is 1. The Bertz CT molecular complexity index is 1360. The van der Waals surface area contributed by atoms with Gasteiger partial charge >= 0.3 is 14.0 Å². The van der Waals surface area contributed by atoms with Crippen molar-refractivity contribution < 1.29 is 41.9 Å². The second-order valence-corrected chi connectivity index (χ2v) is 19.4. The average molecular weight is 811 g/mol. The molecule has 0 saturated heterocycles. The molecule has 0 aliphatic heterocycles. The first-order chi connectivity index (χ1) is 26.7. The fraction of sp³-hybridized carbons (Fsp3) is 0.881. The van der Waals surface area contributed by atoms with Crippen LogP contribution in [-0.4, -0.2) is 83.3 Å². The third kappa shape index (κ3) is 13.5. The molecule has 5 N–H and O–H groups in total. The molecule has 0 aromatic heterocycles. The van der Waals surface area contributed by atoms with Crippen molar-refractivity contribution in [3.63, 3.8) is 0 Å². The van der Waals surface area contributed by atoms with E-state index in [0.29, 0.717) is 24.0 Å². The number of nitrogens with one attached hydrogen (secondary N) is 1. The minimum atomic E-state index is -3.86. The van der Waals surface area contributed by atoms with Crippen LogP contribution >= 0.6 is 7.82 Å². The number of nitrogens with zero attached hydrogens (tertiary/aromatic N) is 1. The number of ether oxygens (including phenoxy) is 4. The van der Waals surface area contributed by atoms with Crippen molar-refractivity contribution in [3.8, 4) is 0 Å². The van der Waals surface area contributed by atoms with Crippen LogP contribution in [0, 0.1) is 51.7 Å². The summed E-state index contributed by atoms with van der Waals surface area (Å²) in [7, 11) is -3.86. The van der Waals surface area contributed by atoms with E-state index < -0.39 is 14.0 Å². The van der Waals surface area contributed by atoms with Gasteiger partial charge in [0.1, 0.15) is 12.7 Å². The molecule has 4 aliphatic carbocycles. The molecule has 0 heterocycles. The summed E-state index contributed by atoms with van der Waals surface area (Å²) < 4.78 is 51.2. The van der Waals surface area contributed by atoms with E-state index in [4.69, 9.17) is 49.4 Å². The van der Waals surface area contributed by atoms with Gasteiger partial charge in [0, 0.05) is 12.1 Å². The molecule has 56 heavy (non-hydrogen) atoms. The number of aliphatic imine (C=N–C) groups is 1. The van der Waals surface area contributed by atoms with Crippen molar-refractivity contribution in [2.24, 2.45) is 62.8 Å². The van der Waals surface area contributed by atoms with E-state index in [1.807, 2.05) is 0 Å². The highest BCUT2D eigenvalue weighted by molar-refractivity contribution is 7.48. The molecule has 0 aromatic rings. The molecule has 9 atom stereocenters. The minimum absolute atomic E-state index is 0.0327. The van der Waals surface area contributed by atoms with Gasteiger partial charge in [-0.25, -0.2) is 9.36 Å². The summed E-state index contributed by atoms with van der Waals surface area (Å²) in [6, 6.07) is 0. The highest BCUT2D eigenvalue weighted by Gasteiger charge is 2.59.